The summed E-state index contributed by atoms with van der Waals surface area (Å²) in [5, 5.41) is 0. The van der Waals surface area contributed by atoms with Gasteiger partial charge in [0.1, 0.15) is 20.1 Å². The molecule has 0 saturated heterocycles. The zero-order valence-corrected chi connectivity index (χ0v) is 16.9. The fraction of sp³-hybridized carbons (Fsp3) is 0.611. The van der Waals surface area contributed by atoms with E-state index in [1.54, 1.807) is 19.1 Å². The molecule has 7 nitrogen and oxygen atoms in total. The van der Waals surface area contributed by atoms with Crippen LogP contribution >= 0.6 is 0 Å². The molecule has 1 rings (SSSR count). The van der Waals surface area contributed by atoms with E-state index in [-0.39, 0.29) is 42.8 Å². The molecule has 148 valence electrons. The summed E-state index contributed by atoms with van der Waals surface area (Å²) in [4.78, 5) is 12.0. The first-order valence-corrected chi connectivity index (χ1v) is 10.00. The van der Waals surface area contributed by atoms with Gasteiger partial charge in [0.25, 0.3) is 0 Å². The first kappa shape index (κ1) is 22.6. The maximum absolute atomic E-state index is 12.7. The van der Waals surface area contributed by atoms with Crippen molar-refractivity contribution < 1.29 is 27.4 Å². The van der Waals surface area contributed by atoms with E-state index in [4.69, 9.17) is 14.2 Å². The first-order valence-electron chi connectivity index (χ1n) is 8.56. The van der Waals surface area contributed by atoms with E-state index in [1.165, 1.54) is 19.2 Å². The number of esters is 1. The molecule has 1 aromatic carbocycles. The number of ether oxygens (including phenoxy) is 3. The van der Waals surface area contributed by atoms with Gasteiger partial charge in [-0.05, 0) is 30.5 Å². The molecule has 0 amide bonds. The third-order valence-corrected chi connectivity index (χ3v) is 5.79. The lowest BCUT2D eigenvalue weighted by molar-refractivity contribution is -0.150. The van der Waals surface area contributed by atoms with Crippen LogP contribution in [0, 0.1) is 11.8 Å². The van der Waals surface area contributed by atoms with Crippen LogP contribution < -0.4 is 0 Å². The van der Waals surface area contributed by atoms with Gasteiger partial charge in [0.2, 0.25) is 10.0 Å². The average Bonchev–Trinajstić information content (AvgIpc) is 2.62. The Morgan fingerprint density at radius 1 is 1.12 bits per heavy atom. The molecule has 1 aromatic rings. The zero-order valence-electron chi connectivity index (χ0n) is 16.1. The number of carbonyl (C=O) groups excluding carboxylic acids is 1. The summed E-state index contributed by atoms with van der Waals surface area (Å²) in [6.07, 6.45) is 0. The van der Waals surface area contributed by atoms with Crippen molar-refractivity contribution >= 4 is 16.0 Å². The van der Waals surface area contributed by atoms with Crippen LogP contribution in [-0.2, 0) is 35.6 Å². The summed E-state index contributed by atoms with van der Waals surface area (Å²) >= 11 is 0. The smallest absolute Gasteiger partial charge is 0.309 e. The lowest BCUT2D eigenvalue weighted by Gasteiger charge is -2.21. The monoisotopic (exact) mass is 387 g/mol. The normalized spacial score (nSPS) is 13.2. The molecular formula is C18H29NO6S. The van der Waals surface area contributed by atoms with Crippen molar-refractivity contribution in [2.75, 3.05) is 27.2 Å². The Morgan fingerprint density at radius 2 is 1.73 bits per heavy atom. The maximum atomic E-state index is 12.7. The molecule has 8 heteroatoms. The third-order valence-electron chi connectivity index (χ3n) is 4.03. The van der Waals surface area contributed by atoms with Crippen LogP contribution in [0.15, 0.2) is 29.2 Å². The molecule has 0 fully saturated rings. The topological polar surface area (TPSA) is 82.1 Å². The van der Waals surface area contributed by atoms with E-state index in [0.29, 0.717) is 6.61 Å². The lowest BCUT2D eigenvalue weighted by atomic mass is 9.99. The minimum atomic E-state index is -3.73. The fourth-order valence-electron chi connectivity index (χ4n) is 1.98. The number of carbonyl (C=O) groups is 1. The molecule has 0 aliphatic heterocycles. The molecule has 0 bridgehead atoms. The predicted molar refractivity (Wildman–Crippen MR) is 97.6 cm³/mol. The Hall–Kier alpha value is -1.48. The highest BCUT2D eigenvalue weighted by Gasteiger charge is 2.24. The van der Waals surface area contributed by atoms with Gasteiger partial charge in [-0.25, -0.2) is 8.42 Å². The van der Waals surface area contributed by atoms with Gasteiger partial charge in [0.05, 0.1) is 10.8 Å². The number of rotatable bonds is 11. The Morgan fingerprint density at radius 3 is 2.23 bits per heavy atom. The standard InChI is InChI=1S/C18H29NO6S/c1-6-24-13-19(12-23-5)26(21,22)17-9-7-16(8-10-17)11-25-18(20)15(4)14(2)3/h7-10,14-15H,6,11-13H2,1-5H3/t15-/m0/s1. The Kier molecular flexibility index (Phi) is 9.21. The van der Waals surface area contributed by atoms with Gasteiger partial charge < -0.3 is 14.2 Å². The number of methoxy groups -OCH3 is 1. The Bertz CT molecular complexity index is 657. The molecule has 0 N–H and O–H groups in total. The summed E-state index contributed by atoms with van der Waals surface area (Å²) in [6.45, 7) is 7.85. The quantitative estimate of drug-likeness (QED) is 0.429. The number of sulfonamides is 1. The minimum absolute atomic E-state index is 0.0842. The van der Waals surface area contributed by atoms with E-state index >= 15 is 0 Å². The SMILES string of the molecule is CCOCN(COC)S(=O)(=O)c1ccc(COC(=O)[C@@H](C)C(C)C)cc1. The predicted octanol–water partition coefficient (Wildman–Crippen LogP) is 2.61. The number of nitrogens with zero attached hydrogens (tertiary/aromatic N) is 1. The highest BCUT2D eigenvalue weighted by molar-refractivity contribution is 7.89. The van der Waals surface area contributed by atoms with Crippen molar-refractivity contribution in [1.82, 2.24) is 4.31 Å². The molecule has 0 aromatic heterocycles. The van der Waals surface area contributed by atoms with Crippen LogP contribution in [0.2, 0.25) is 0 Å². The Balaban J connectivity index is 2.80. The summed E-state index contributed by atoms with van der Waals surface area (Å²) in [7, 11) is -2.31. The highest BCUT2D eigenvalue weighted by Crippen LogP contribution is 2.18. The molecular weight excluding hydrogens is 358 g/mol. The molecule has 0 spiro atoms. The second-order valence-corrected chi connectivity index (χ2v) is 8.22. The van der Waals surface area contributed by atoms with Crippen molar-refractivity contribution in [3.63, 3.8) is 0 Å². The molecule has 0 heterocycles. The number of benzene rings is 1. The van der Waals surface area contributed by atoms with E-state index in [2.05, 4.69) is 0 Å². The average molecular weight is 387 g/mol. The fourth-order valence-corrected chi connectivity index (χ4v) is 3.21. The van der Waals surface area contributed by atoms with Crippen LogP contribution in [0.5, 0.6) is 0 Å². The summed E-state index contributed by atoms with van der Waals surface area (Å²) in [5.74, 6) is -0.248. The van der Waals surface area contributed by atoms with Gasteiger partial charge in [-0.2, -0.15) is 0 Å². The maximum Gasteiger partial charge on any atom is 0.309 e. The van der Waals surface area contributed by atoms with Crippen molar-refractivity contribution in [2.45, 2.75) is 39.2 Å². The van der Waals surface area contributed by atoms with Crippen molar-refractivity contribution in [3.8, 4) is 0 Å². The van der Waals surface area contributed by atoms with Gasteiger partial charge in [0, 0.05) is 13.7 Å². The van der Waals surface area contributed by atoms with Crippen LogP contribution in [0.25, 0.3) is 0 Å². The summed E-state index contributed by atoms with van der Waals surface area (Å²) in [6, 6.07) is 6.23. The third kappa shape index (κ3) is 6.35. The molecule has 0 aliphatic rings. The first-order chi connectivity index (χ1) is 12.2. The van der Waals surface area contributed by atoms with Crippen molar-refractivity contribution in [2.24, 2.45) is 11.8 Å². The zero-order chi connectivity index (χ0) is 19.7. The molecule has 26 heavy (non-hydrogen) atoms. The molecule has 0 saturated carbocycles. The van der Waals surface area contributed by atoms with Gasteiger partial charge in [-0.15, -0.1) is 4.31 Å². The highest BCUT2D eigenvalue weighted by atomic mass is 32.2. The van der Waals surface area contributed by atoms with Gasteiger partial charge >= 0.3 is 5.97 Å². The minimum Gasteiger partial charge on any atom is -0.461 e. The van der Waals surface area contributed by atoms with Gasteiger partial charge in [0.15, 0.2) is 0 Å². The van der Waals surface area contributed by atoms with Crippen LogP contribution in [0.4, 0.5) is 0 Å². The van der Waals surface area contributed by atoms with E-state index in [0.717, 1.165) is 9.87 Å². The molecule has 0 radical (unpaired) electrons. The molecule has 0 aliphatic carbocycles. The second kappa shape index (κ2) is 10.6. The Labute approximate surface area is 156 Å². The van der Waals surface area contributed by atoms with E-state index < -0.39 is 10.0 Å². The molecule has 1 atom stereocenters. The van der Waals surface area contributed by atoms with Gasteiger partial charge in [-0.1, -0.05) is 32.9 Å². The summed E-state index contributed by atoms with van der Waals surface area (Å²) in [5.41, 5.74) is 0.719. The van der Waals surface area contributed by atoms with Crippen LogP contribution in [0.3, 0.4) is 0 Å². The molecule has 0 unspecified atom stereocenters. The van der Waals surface area contributed by atoms with Crippen LogP contribution in [0.1, 0.15) is 33.3 Å². The van der Waals surface area contributed by atoms with E-state index in [1.807, 2.05) is 20.8 Å². The van der Waals surface area contributed by atoms with Crippen molar-refractivity contribution in [1.29, 1.82) is 0 Å². The largest absolute Gasteiger partial charge is 0.461 e. The van der Waals surface area contributed by atoms with E-state index in [9.17, 15) is 13.2 Å². The van der Waals surface area contributed by atoms with Gasteiger partial charge in [-0.3, -0.25) is 4.79 Å². The van der Waals surface area contributed by atoms with Crippen molar-refractivity contribution in [3.05, 3.63) is 29.8 Å². The lowest BCUT2D eigenvalue weighted by Crippen LogP contribution is -2.34. The second-order valence-electron chi connectivity index (χ2n) is 6.28. The number of hydrogen-bond donors (Lipinski definition) is 0. The summed E-state index contributed by atoms with van der Waals surface area (Å²) < 4.78 is 41.8. The van der Waals surface area contributed by atoms with Crippen LogP contribution in [-0.4, -0.2) is 45.9 Å². The number of hydrogen-bond acceptors (Lipinski definition) is 6.